The predicted octanol–water partition coefficient (Wildman–Crippen LogP) is 3.71. The summed E-state index contributed by atoms with van der Waals surface area (Å²) in [5, 5.41) is 4.64. The first-order valence-corrected chi connectivity index (χ1v) is 8.41. The van der Waals surface area contributed by atoms with Crippen LogP contribution in [0.2, 0.25) is 5.02 Å². The summed E-state index contributed by atoms with van der Waals surface area (Å²) in [6.07, 6.45) is 3.17. The fourth-order valence-electron chi connectivity index (χ4n) is 2.71. The summed E-state index contributed by atoms with van der Waals surface area (Å²) in [6, 6.07) is 6.82. The highest BCUT2D eigenvalue weighted by molar-refractivity contribution is 6.32. The molecular weight excluding hydrogens is 356 g/mol. The maximum Gasteiger partial charge on any atom is 0.274 e. The molecule has 0 radical (unpaired) electrons. The summed E-state index contributed by atoms with van der Waals surface area (Å²) in [7, 11) is 0. The number of benzene rings is 1. The normalized spacial score (nSPS) is 11.2. The SMILES string of the molecule is CCOc1cc(-c2cc(=O)n3ncc(-c4ncc(C)o4)c3[nH]2)ccc1Cl. The van der Waals surface area contributed by atoms with E-state index in [9.17, 15) is 4.79 Å². The van der Waals surface area contributed by atoms with Gasteiger partial charge in [-0.2, -0.15) is 9.61 Å². The molecule has 7 nitrogen and oxygen atoms in total. The van der Waals surface area contributed by atoms with Crippen LogP contribution in [0, 0.1) is 6.92 Å². The third-order valence-electron chi connectivity index (χ3n) is 3.89. The van der Waals surface area contributed by atoms with Crippen molar-refractivity contribution in [2.45, 2.75) is 13.8 Å². The van der Waals surface area contributed by atoms with Gasteiger partial charge in [0.25, 0.3) is 5.56 Å². The number of nitrogens with zero attached hydrogens (tertiary/aromatic N) is 3. The molecule has 0 amide bonds. The number of nitrogens with one attached hydrogen (secondary N) is 1. The summed E-state index contributed by atoms with van der Waals surface area (Å²) in [5.74, 6) is 1.64. The molecular formula is C18H15ClN4O3. The van der Waals surface area contributed by atoms with Gasteiger partial charge < -0.3 is 14.1 Å². The molecule has 0 saturated carbocycles. The number of H-pyrrole nitrogens is 1. The van der Waals surface area contributed by atoms with Gasteiger partial charge in [0.05, 0.1) is 29.7 Å². The molecule has 8 heteroatoms. The van der Waals surface area contributed by atoms with Gasteiger partial charge in [-0.3, -0.25) is 4.79 Å². The molecule has 0 fully saturated rings. The lowest BCUT2D eigenvalue weighted by molar-refractivity contribution is 0.340. The lowest BCUT2D eigenvalue weighted by atomic mass is 10.1. The Kier molecular flexibility index (Phi) is 4.00. The molecule has 0 bridgehead atoms. The fraction of sp³-hybridized carbons (Fsp3) is 0.167. The third kappa shape index (κ3) is 2.76. The third-order valence-corrected chi connectivity index (χ3v) is 4.20. The van der Waals surface area contributed by atoms with Crippen molar-refractivity contribution in [2.24, 2.45) is 0 Å². The molecule has 3 heterocycles. The minimum absolute atomic E-state index is 0.267. The molecule has 1 N–H and O–H groups in total. The Labute approximate surface area is 153 Å². The molecule has 0 saturated heterocycles. The number of oxazole rings is 1. The molecule has 132 valence electrons. The van der Waals surface area contributed by atoms with Crippen LogP contribution < -0.4 is 10.3 Å². The van der Waals surface area contributed by atoms with Gasteiger partial charge in [-0.15, -0.1) is 0 Å². The Hall–Kier alpha value is -3.06. The van der Waals surface area contributed by atoms with Crippen molar-refractivity contribution in [3.05, 3.63) is 57.8 Å². The molecule has 0 aliphatic heterocycles. The zero-order chi connectivity index (χ0) is 18.3. The molecule has 4 rings (SSSR count). The van der Waals surface area contributed by atoms with E-state index in [1.54, 1.807) is 31.5 Å². The first-order valence-electron chi connectivity index (χ1n) is 8.03. The summed E-state index contributed by atoms with van der Waals surface area (Å²) in [4.78, 5) is 19.9. The van der Waals surface area contributed by atoms with E-state index >= 15 is 0 Å². The van der Waals surface area contributed by atoms with E-state index in [-0.39, 0.29) is 5.56 Å². The van der Waals surface area contributed by atoms with E-state index in [1.165, 1.54) is 10.6 Å². The maximum absolute atomic E-state index is 12.5. The smallest absolute Gasteiger partial charge is 0.274 e. The number of fused-ring (bicyclic) bond motifs is 1. The molecule has 0 unspecified atom stereocenters. The molecule has 0 atom stereocenters. The van der Waals surface area contributed by atoms with Crippen molar-refractivity contribution in [3.63, 3.8) is 0 Å². The van der Waals surface area contributed by atoms with Crippen LogP contribution in [0.3, 0.4) is 0 Å². The Morgan fingerprint density at radius 3 is 2.88 bits per heavy atom. The van der Waals surface area contributed by atoms with Crippen LogP contribution in [0.4, 0.5) is 0 Å². The van der Waals surface area contributed by atoms with Crippen LogP contribution in [0.1, 0.15) is 12.7 Å². The summed E-state index contributed by atoms with van der Waals surface area (Å²) in [5.41, 5.74) is 2.23. The second kappa shape index (κ2) is 6.34. The van der Waals surface area contributed by atoms with Gasteiger partial charge in [-0.1, -0.05) is 17.7 Å². The van der Waals surface area contributed by atoms with Crippen LogP contribution in [0.5, 0.6) is 5.75 Å². The Morgan fingerprint density at radius 1 is 1.31 bits per heavy atom. The standard InChI is InChI=1S/C18H15ClN4O3/c1-3-25-15-6-11(4-5-13(15)19)14-7-16(24)23-17(22-14)12(9-21-23)18-20-8-10(2)26-18/h4-9,22H,3H2,1-2H3. The van der Waals surface area contributed by atoms with E-state index in [1.807, 2.05) is 13.0 Å². The number of hydrogen-bond acceptors (Lipinski definition) is 5. The van der Waals surface area contributed by atoms with Gasteiger partial charge in [0.1, 0.15) is 17.1 Å². The minimum Gasteiger partial charge on any atom is -0.492 e. The number of aryl methyl sites for hydroxylation is 1. The van der Waals surface area contributed by atoms with Crippen LogP contribution >= 0.6 is 11.6 Å². The molecule has 0 aliphatic carbocycles. The second-order valence-corrected chi connectivity index (χ2v) is 6.10. The number of aromatic amines is 1. The molecule has 0 spiro atoms. The van der Waals surface area contributed by atoms with Gasteiger partial charge in [0.2, 0.25) is 5.89 Å². The van der Waals surface area contributed by atoms with E-state index in [4.69, 9.17) is 20.8 Å². The van der Waals surface area contributed by atoms with Crippen molar-refractivity contribution >= 4 is 17.2 Å². The highest BCUT2D eigenvalue weighted by Gasteiger charge is 2.15. The van der Waals surface area contributed by atoms with Crippen molar-refractivity contribution in [1.82, 2.24) is 19.6 Å². The molecule has 4 aromatic rings. The lowest BCUT2D eigenvalue weighted by Crippen LogP contribution is -2.14. The van der Waals surface area contributed by atoms with Gasteiger partial charge in [0.15, 0.2) is 5.65 Å². The average molecular weight is 371 g/mol. The van der Waals surface area contributed by atoms with Crippen LogP contribution in [0.25, 0.3) is 28.4 Å². The largest absolute Gasteiger partial charge is 0.492 e. The van der Waals surface area contributed by atoms with Crippen molar-refractivity contribution < 1.29 is 9.15 Å². The fourth-order valence-corrected chi connectivity index (χ4v) is 2.88. The Balaban J connectivity index is 1.89. The minimum atomic E-state index is -0.267. The highest BCUT2D eigenvalue weighted by Crippen LogP contribution is 2.30. The van der Waals surface area contributed by atoms with E-state index in [0.29, 0.717) is 45.9 Å². The zero-order valence-electron chi connectivity index (χ0n) is 14.1. The first kappa shape index (κ1) is 16.4. The second-order valence-electron chi connectivity index (χ2n) is 5.69. The monoisotopic (exact) mass is 370 g/mol. The molecule has 0 aliphatic rings. The first-order chi connectivity index (χ1) is 12.6. The Bertz CT molecular complexity index is 1160. The summed E-state index contributed by atoms with van der Waals surface area (Å²) < 4.78 is 12.4. The number of rotatable bonds is 4. The molecule has 1 aromatic carbocycles. The van der Waals surface area contributed by atoms with Crippen molar-refractivity contribution in [2.75, 3.05) is 6.61 Å². The summed E-state index contributed by atoms with van der Waals surface area (Å²) in [6.45, 7) is 4.18. The molecule has 3 aromatic heterocycles. The number of ether oxygens (including phenoxy) is 1. The van der Waals surface area contributed by atoms with Crippen LogP contribution in [-0.4, -0.2) is 26.2 Å². The van der Waals surface area contributed by atoms with E-state index in [2.05, 4.69) is 15.1 Å². The van der Waals surface area contributed by atoms with Gasteiger partial charge in [-0.05, 0) is 26.0 Å². The topological polar surface area (TPSA) is 85.4 Å². The number of aromatic nitrogens is 4. The average Bonchev–Trinajstić information content (AvgIpc) is 3.23. The van der Waals surface area contributed by atoms with Gasteiger partial charge in [-0.25, -0.2) is 4.98 Å². The zero-order valence-corrected chi connectivity index (χ0v) is 14.9. The van der Waals surface area contributed by atoms with Gasteiger partial charge >= 0.3 is 0 Å². The van der Waals surface area contributed by atoms with E-state index in [0.717, 1.165) is 5.56 Å². The maximum atomic E-state index is 12.5. The predicted molar refractivity (Wildman–Crippen MR) is 97.7 cm³/mol. The highest BCUT2D eigenvalue weighted by atomic mass is 35.5. The van der Waals surface area contributed by atoms with Gasteiger partial charge in [0, 0.05) is 11.6 Å². The van der Waals surface area contributed by atoms with E-state index < -0.39 is 0 Å². The number of halogens is 1. The van der Waals surface area contributed by atoms with Crippen molar-refractivity contribution in [3.8, 4) is 28.5 Å². The Morgan fingerprint density at radius 2 is 2.15 bits per heavy atom. The van der Waals surface area contributed by atoms with Crippen LogP contribution in [-0.2, 0) is 0 Å². The lowest BCUT2D eigenvalue weighted by Gasteiger charge is -2.09. The van der Waals surface area contributed by atoms with Crippen molar-refractivity contribution in [1.29, 1.82) is 0 Å². The molecule has 26 heavy (non-hydrogen) atoms. The number of hydrogen-bond donors (Lipinski definition) is 1. The quantitative estimate of drug-likeness (QED) is 0.592. The summed E-state index contributed by atoms with van der Waals surface area (Å²) >= 11 is 6.15. The van der Waals surface area contributed by atoms with Crippen LogP contribution in [0.15, 0.2) is 45.9 Å².